The number of benzene rings is 1. The molecule has 2 aromatic heterocycles. The fourth-order valence-corrected chi connectivity index (χ4v) is 3.30. The van der Waals surface area contributed by atoms with Crippen LogP contribution in [0.1, 0.15) is 17.5 Å². The summed E-state index contributed by atoms with van der Waals surface area (Å²) in [6.07, 6.45) is 2.49. The van der Waals surface area contributed by atoms with E-state index in [9.17, 15) is 5.11 Å². The molecule has 4 nitrogen and oxygen atoms in total. The highest BCUT2D eigenvalue weighted by atomic mass is 32.1. The molecule has 0 bridgehead atoms. The molecule has 0 atom stereocenters. The van der Waals surface area contributed by atoms with Crippen LogP contribution in [0, 0.1) is 0 Å². The number of thiophene rings is 1. The van der Waals surface area contributed by atoms with Gasteiger partial charge in [0.05, 0.1) is 0 Å². The maximum atomic E-state index is 10.0. The van der Waals surface area contributed by atoms with Crippen LogP contribution in [0.4, 0.5) is 5.13 Å². The molecule has 0 spiro atoms. The molecule has 3 aromatic rings. The number of hydrogen-bond acceptors (Lipinski definition) is 6. The first kappa shape index (κ1) is 13.9. The zero-order valence-electron chi connectivity index (χ0n) is 11.4. The Hall–Kier alpha value is -2.05. The van der Waals surface area contributed by atoms with Gasteiger partial charge in [0, 0.05) is 16.7 Å². The second-order valence-electron chi connectivity index (χ2n) is 4.33. The Morgan fingerprint density at radius 2 is 2.00 bits per heavy atom. The van der Waals surface area contributed by atoms with E-state index >= 15 is 0 Å². The molecule has 0 saturated carbocycles. The van der Waals surface area contributed by atoms with Gasteiger partial charge in [0.15, 0.2) is 5.06 Å². The molecule has 3 rings (SSSR count). The number of nitrogens with zero attached hydrogens (tertiary/aromatic N) is 3. The van der Waals surface area contributed by atoms with E-state index in [1.54, 1.807) is 6.21 Å². The van der Waals surface area contributed by atoms with Crippen molar-refractivity contribution in [2.45, 2.75) is 13.3 Å². The average molecular weight is 315 g/mol. The largest absolute Gasteiger partial charge is 0.499 e. The van der Waals surface area contributed by atoms with Gasteiger partial charge < -0.3 is 5.11 Å². The first-order valence-electron chi connectivity index (χ1n) is 6.51. The van der Waals surface area contributed by atoms with E-state index < -0.39 is 0 Å². The third kappa shape index (κ3) is 3.17. The van der Waals surface area contributed by atoms with Crippen LogP contribution >= 0.6 is 22.7 Å². The molecule has 0 aliphatic heterocycles. The predicted molar refractivity (Wildman–Crippen MR) is 88.0 cm³/mol. The molecule has 0 amide bonds. The van der Waals surface area contributed by atoms with Crippen LogP contribution in [0.15, 0.2) is 41.4 Å². The number of hydrogen-bond donors (Lipinski definition) is 1. The van der Waals surface area contributed by atoms with E-state index in [4.69, 9.17) is 0 Å². The van der Waals surface area contributed by atoms with E-state index in [-0.39, 0.29) is 5.06 Å². The maximum absolute atomic E-state index is 10.0. The Morgan fingerprint density at radius 3 is 2.71 bits per heavy atom. The SMILES string of the molecule is CCc1nnc(N=Cc2cc(-c3ccccc3)sc2O)s1. The van der Waals surface area contributed by atoms with E-state index in [0.717, 1.165) is 21.9 Å². The van der Waals surface area contributed by atoms with Gasteiger partial charge in [0.2, 0.25) is 5.13 Å². The van der Waals surface area contributed by atoms with Gasteiger partial charge in [-0.25, -0.2) is 4.99 Å². The summed E-state index contributed by atoms with van der Waals surface area (Å²) in [6.45, 7) is 2.03. The molecule has 0 radical (unpaired) electrons. The summed E-state index contributed by atoms with van der Waals surface area (Å²) in [5.74, 6) is 0. The summed E-state index contributed by atoms with van der Waals surface area (Å²) in [7, 11) is 0. The van der Waals surface area contributed by atoms with Crippen molar-refractivity contribution in [3.05, 3.63) is 47.0 Å². The molecule has 0 saturated heterocycles. The molecule has 0 aliphatic rings. The first-order chi connectivity index (χ1) is 10.3. The fourth-order valence-electron chi connectivity index (χ4n) is 1.80. The Kier molecular flexibility index (Phi) is 4.08. The van der Waals surface area contributed by atoms with Crippen molar-refractivity contribution in [3.63, 3.8) is 0 Å². The minimum Gasteiger partial charge on any atom is -0.499 e. The second kappa shape index (κ2) is 6.15. The van der Waals surface area contributed by atoms with Crippen LogP contribution in [-0.2, 0) is 6.42 Å². The van der Waals surface area contributed by atoms with Crippen LogP contribution in [0.25, 0.3) is 10.4 Å². The number of aromatic nitrogens is 2. The van der Waals surface area contributed by atoms with Crippen molar-refractivity contribution in [2.24, 2.45) is 4.99 Å². The van der Waals surface area contributed by atoms with Gasteiger partial charge >= 0.3 is 0 Å². The molecule has 1 aromatic carbocycles. The zero-order valence-corrected chi connectivity index (χ0v) is 13.0. The molecule has 6 heteroatoms. The lowest BCUT2D eigenvalue weighted by Crippen LogP contribution is -1.76. The predicted octanol–water partition coefficient (Wildman–Crippen LogP) is 4.29. The number of rotatable bonds is 4. The van der Waals surface area contributed by atoms with Crippen molar-refractivity contribution in [1.29, 1.82) is 0 Å². The van der Waals surface area contributed by atoms with Crippen LogP contribution < -0.4 is 0 Å². The van der Waals surface area contributed by atoms with Crippen molar-refractivity contribution in [2.75, 3.05) is 0 Å². The van der Waals surface area contributed by atoms with Crippen molar-refractivity contribution in [1.82, 2.24) is 10.2 Å². The monoisotopic (exact) mass is 315 g/mol. The Balaban J connectivity index is 1.84. The van der Waals surface area contributed by atoms with E-state index in [1.807, 2.05) is 43.3 Å². The minimum absolute atomic E-state index is 0.262. The summed E-state index contributed by atoms with van der Waals surface area (Å²) in [4.78, 5) is 5.29. The summed E-state index contributed by atoms with van der Waals surface area (Å²) in [6, 6.07) is 11.9. The van der Waals surface area contributed by atoms with Crippen molar-refractivity contribution >= 4 is 34.0 Å². The van der Waals surface area contributed by atoms with Gasteiger partial charge in [-0.15, -0.1) is 10.2 Å². The highest BCUT2D eigenvalue weighted by Gasteiger charge is 2.08. The smallest absolute Gasteiger partial charge is 0.231 e. The zero-order chi connectivity index (χ0) is 14.7. The third-order valence-corrected chi connectivity index (χ3v) is 4.85. The number of aryl methyl sites for hydroxylation is 1. The molecule has 1 N–H and O–H groups in total. The van der Waals surface area contributed by atoms with E-state index in [1.165, 1.54) is 22.7 Å². The average Bonchev–Trinajstić information content (AvgIpc) is 3.12. The van der Waals surface area contributed by atoms with Crippen molar-refractivity contribution in [3.8, 4) is 15.5 Å². The Morgan fingerprint density at radius 1 is 1.19 bits per heavy atom. The van der Waals surface area contributed by atoms with Gasteiger partial charge in [0.25, 0.3) is 0 Å². The van der Waals surface area contributed by atoms with Crippen LogP contribution in [0.2, 0.25) is 0 Å². The van der Waals surface area contributed by atoms with Gasteiger partial charge in [-0.3, -0.25) is 0 Å². The highest BCUT2D eigenvalue weighted by Crippen LogP contribution is 2.35. The topological polar surface area (TPSA) is 58.4 Å². The summed E-state index contributed by atoms with van der Waals surface area (Å²) < 4.78 is 0. The maximum Gasteiger partial charge on any atom is 0.231 e. The Labute approximate surface area is 130 Å². The lowest BCUT2D eigenvalue weighted by atomic mass is 10.2. The van der Waals surface area contributed by atoms with Gasteiger partial charge in [-0.1, -0.05) is 59.9 Å². The van der Waals surface area contributed by atoms with Crippen LogP contribution in [0.3, 0.4) is 0 Å². The van der Waals surface area contributed by atoms with E-state index in [2.05, 4.69) is 15.2 Å². The number of aliphatic imine (C=N–C) groups is 1. The molecular weight excluding hydrogens is 302 g/mol. The summed E-state index contributed by atoms with van der Waals surface area (Å²) in [5.41, 5.74) is 1.79. The van der Waals surface area contributed by atoms with E-state index in [0.29, 0.717) is 10.7 Å². The van der Waals surface area contributed by atoms with Crippen LogP contribution in [0.5, 0.6) is 5.06 Å². The lowest BCUT2D eigenvalue weighted by molar-refractivity contribution is 0.490. The molecule has 2 heterocycles. The Bertz CT molecular complexity index is 762. The van der Waals surface area contributed by atoms with Crippen LogP contribution in [-0.4, -0.2) is 21.5 Å². The first-order valence-corrected chi connectivity index (χ1v) is 8.14. The van der Waals surface area contributed by atoms with Gasteiger partial charge in [-0.05, 0) is 18.1 Å². The molecule has 0 aliphatic carbocycles. The molecule has 21 heavy (non-hydrogen) atoms. The van der Waals surface area contributed by atoms with Crippen molar-refractivity contribution < 1.29 is 5.11 Å². The quantitative estimate of drug-likeness (QED) is 0.731. The normalized spacial score (nSPS) is 11.3. The van der Waals surface area contributed by atoms with Gasteiger partial charge in [-0.2, -0.15) is 0 Å². The fraction of sp³-hybridized carbons (Fsp3) is 0.133. The highest BCUT2D eigenvalue weighted by molar-refractivity contribution is 7.17. The summed E-state index contributed by atoms with van der Waals surface area (Å²) in [5, 5.41) is 19.9. The van der Waals surface area contributed by atoms with Gasteiger partial charge in [0.1, 0.15) is 5.01 Å². The second-order valence-corrected chi connectivity index (χ2v) is 6.40. The molecular formula is C15H13N3OS2. The molecule has 106 valence electrons. The lowest BCUT2D eigenvalue weighted by Gasteiger charge is -1.93. The summed E-state index contributed by atoms with van der Waals surface area (Å²) >= 11 is 2.81. The molecule has 0 unspecified atom stereocenters. The third-order valence-electron chi connectivity index (χ3n) is 2.87. The molecule has 0 fully saturated rings. The standard InChI is InChI=1S/C15H13N3OS2/c1-2-13-17-18-15(21-13)16-9-11-8-12(20-14(11)19)10-6-4-3-5-7-10/h3-9,19H,2H2,1H3. The minimum atomic E-state index is 0.262. The number of aromatic hydroxyl groups is 1.